The van der Waals surface area contributed by atoms with Gasteiger partial charge in [-0.1, -0.05) is 13.8 Å². The predicted octanol–water partition coefficient (Wildman–Crippen LogP) is 1.70. The van der Waals surface area contributed by atoms with E-state index in [0.29, 0.717) is 6.54 Å². The summed E-state index contributed by atoms with van der Waals surface area (Å²) in [6.45, 7) is 8.66. The van der Waals surface area contributed by atoms with Crippen molar-refractivity contribution in [1.29, 1.82) is 0 Å². The Morgan fingerprint density at radius 2 is 1.64 bits per heavy atom. The maximum atomic E-state index is 10.8. The highest BCUT2D eigenvalue weighted by Gasteiger charge is 2.03. The molecule has 0 aliphatic heterocycles. The molecule has 0 amide bonds. The van der Waals surface area contributed by atoms with Gasteiger partial charge in [0.05, 0.1) is 6.54 Å². The number of Topliss-reactive ketones (excluding diaryl/α,β-unsaturated/α-hetero) is 1. The molecule has 0 spiro atoms. The maximum Gasteiger partial charge on any atom is 0.143 e. The van der Waals surface area contributed by atoms with Crippen LogP contribution in [0.4, 0.5) is 0 Å². The minimum atomic E-state index is 0.270. The van der Waals surface area contributed by atoms with Crippen LogP contribution in [0.25, 0.3) is 0 Å². The zero-order valence-electron chi connectivity index (χ0n) is 7.89. The molecule has 0 rings (SSSR count). The van der Waals surface area contributed by atoms with E-state index >= 15 is 0 Å². The Kier molecular flexibility index (Phi) is 6.13. The van der Waals surface area contributed by atoms with Crippen LogP contribution in [0, 0.1) is 0 Å². The zero-order chi connectivity index (χ0) is 8.69. The molecule has 11 heavy (non-hydrogen) atoms. The Balaban J connectivity index is 3.59. The van der Waals surface area contributed by atoms with Crippen LogP contribution in [0.3, 0.4) is 0 Å². The van der Waals surface area contributed by atoms with Gasteiger partial charge >= 0.3 is 0 Å². The third-order valence-electron chi connectivity index (χ3n) is 1.53. The highest BCUT2D eigenvalue weighted by molar-refractivity contribution is 5.77. The third kappa shape index (κ3) is 6.05. The Labute approximate surface area is 69.6 Å². The molecule has 0 aliphatic rings. The van der Waals surface area contributed by atoms with Crippen LogP contribution in [-0.4, -0.2) is 30.3 Å². The van der Waals surface area contributed by atoms with E-state index in [1.807, 2.05) is 0 Å². The summed E-state index contributed by atoms with van der Waals surface area (Å²) < 4.78 is 0. The Morgan fingerprint density at radius 3 is 1.91 bits per heavy atom. The van der Waals surface area contributed by atoms with Gasteiger partial charge in [-0.2, -0.15) is 0 Å². The molecule has 0 fully saturated rings. The molecular weight excluding hydrogens is 139 g/mol. The summed E-state index contributed by atoms with van der Waals surface area (Å²) in [5.74, 6) is 0.270. The van der Waals surface area contributed by atoms with E-state index < -0.39 is 0 Å². The average molecular weight is 158 g/mol. The number of carbonyl (C=O) groups is 1. The predicted molar refractivity (Wildman–Crippen MR) is 47.7 cm³/mol. The van der Waals surface area contributed by atoms with E-state index in [9.17, 15) is 4.79 Å². The van der Waals surface area contributed by atoms with Crippen molar-refractivity contribution in [3.05, 3.63) is 0 Å². The largest absolute Gasteiger partial charge is 0.299 e. The first kappa shape index (κ1) is 10.6. The fourth-order valence-electron chi connectivity index (χ4n) is 1.22. The van der Waals surface area contributed by atoms with Crippen LogP contribution in [-0.2, 0) is 4.79 Å². The van der Waals surface area contributed by atoms with Gasteiger partial charge in [0.15, 0.2) is 0 Å². The number of rotatable bonds is 6. The Hall–Kier alpha value is -0.370. The molecule has 0 unspecified atom stereocenters. The van der Waals surface area contributed by atoms with Gasteiger partial charge in [-0.15, -0.1) is 0 Å². The van der Waals surface area contributed by atoms with E-state index in [2.05, 4.69) is 18.7 Å². The first-order chi connectivity index (χ1) is 5.20. The lowest BCUT2D eigenvalue weighted by molar-refractivity contribution is -0.118. The summed E-state index contributed by atoms with van der Waals surface area (Å²) >= 11 is 0. The molecule has 0 heterocycles. The molecule has 0 aromatic rings. The number of hydrogen-bond donors (Lipinski definition) is 0. The normalized spacial score (nSPS) is 10.5. The lowest BCUT2D eigenvalue weighted by Crippen LogP contribution is -2.30. The maximum absolute atomic E-state index is 10.8. The minimum absolute atomic E-state index is 0.270. The van der Waals surface area contributed by atoms with Gasteiger partial charge in [-0.05, 0) is 32.9 Å². The Morgan fingerprint density at radius 1 is 1.18 bits per heavy atom. The Bertz CT molecular complexity index is 106. The van der Waals surface area contributed by atoms with E-state index in [1.165, 1.54) is 0 Å². The van der Waals surface area contributed by atoms with Crippen LogP contribution in [0.5, 0.6) is 0 Å². The molecule has 0 radical (unpaired) electrons. The van der Waals surface area contributed by atoms with Crippen LogP contribution in [0.15, 0.2) is 0 Å². The fourth-order valence-corrected chi connectivity index (χ4v) is 1.22. The van der Waals surface area contributed by atoms with E-state index in [1.54, 1.807) is 6.92 Å². The monoisotopic (exact) mass is 158 g/mol. The minimum Gasteiger partial charge on any atom is -0.299 e. The SMILES string of the molecule is CCCN(CCC)C[13C](C)=O. The van der Waals surface area contributed by atoms with Crippen molar-refractivity contribution in [3.63, 3.8) is 0 Å². The standard InChI is InChI=1S/C9H19NO/c1-4-6-10(7-5-2)8-9(3)11/h4-8H2,1-3H3/i9+1. The molecule has 0 aromatic carbocycles. The van der Waals surface area contributed by atoms with Gasteiger partial charge in [0, 0.05) is 0 Å². The number of ketones is 1. The van der Waals surface area contributed by atoms with E-state index in [4.69, 9.17) is 0 Å². The van der Waals surface area contributed by atoms with Gasteiger partial charge in [0.25, 0.3) is 0 Å². The van der Waals surface area contributed by atoms with Crippen LogP contribution in [0.1, 0.15) is 33.6 Å². The molecule has 66 valence electrons. The topological polar surface area (TPSA) is 20.3 Å². The molecule has 0 N–H and O–H groups in total. The van der Waals surface area contributed by atoms with Gasteiger partial charge in [-0.3, -0.25) is 9.69 Å². The number of nitrogens with zero attached hydrogens (tertiary/aromatic N) is 1. The van der Waals surface area contributed by atoms with Crippen molar-refractivity contribution in [2.75, 3.05) is 19.6 Å². The molecule has 0 atom stereocenters. The first-order valence-corrected chi connectivity index (χ1v) is 4.42. The van der Waals surface area contributed by atoms with Crippen molar-refractivity contribution < 1.29 is 4.79 Å². The third-order valence-corrected chi connectivity index (χ3v) is 1.53. The van der Waals surface area contributed by atoms with Gasteiger partial charge in [-0.25, -0.2) is 0 Å². The molecule has 0 aromatic heterocycles. The van der Waals surface area contributed by atoms with Gasteiger partial charge < -0.3 is 0 Å². The molecule has 0 saturated carbocycles. The smallest absolute Gasteiger partial charge is 0.143 e. The summed E-state index contributed by atoms with van der Waals surface area (Å²) in [6, 6.07) is 0. The van der Waals surface area contributed by atoms with Crippen LogP contribution < -0.4 is 0 Å². The van der Waals surface area contributed by atoms with Gasteiger partial charge in [0.2, 0.25) is 0 Å². The summed E-state index contributed by atoms with van der Waals surface area (Å²) in [4.78, 5) is 13.0. The van der Waals surface area contributed by atoms with Crippen molar-refractivity contribution in [2.24, 2.45) is 0 Å². The lowest BCUT2D eigenvalue weighted by atomic mass is 10.4. The average Bonchev–Trinajstić information content (AvgIpc) is 1.87. The molecule has 2 heteroatoms. The summed E-state index contributed by atoms with van der Waals surface area (Å²) in [5, 5.41) is 0. The van der Waals surface area contributed by atoms with Crippen molar-refractivity contribution in [3.8, 4) is 0 Å². The second-order valence-corrected chi connectivity index (χ2v) is 2.98. The quantitative estimate of drug-likeness (QED) is 0.548. The summed E-state index contributed by atoms with van der Waals surface area (Å²) in [5.41, 5.74) is 0. The fraction of sp³-hybridized carbons (Fsp3) is 0.889. The van der Waals surface area contributed by atoms with Crippen LogP contribution >= 0.6 is 0 Å². The van der Waals surface area contributed by atoms with Crippen molar-refractivity contribution in [1.82, 2.24) is 4.90 Å². The molecule has 0 saturated heterocycles. The lowest BCUT2D eigenvalue weighted by Gasteiger charge is -2.18. The van der Waals surface area contributed by atoms with E-state index in [-0.39, 0.29) is 5.78 Å². The zero-order valence-corrected chi connectivity index (χ0v) is 7.89. The van der Waals surface area contributed by atoms with Gasteiger partial charge in [0.1, 0.15) is 5.78 Å². The van der Waals surface area contributed by atoms with Crippen molar-refractivity contribution >= 4 is 5.78 Å². The number of carbonyl (C=O) groups excluding carboxylic acids is 1. The summed E-state index contributed by atoms with van der Waals surface area (Å²) in [7, 11) is 0. The highest BCUT2D eigenvalue weighted by atomic mass is 16.2. The summed E-state index contributed by atoms with van der Waals surface area (Å²) in [6.07, 6.45) is 2.26. The highest BCUT2D eigenvalue weighted by Crippen LogP contribution is 1.93. The molecule has 0 bridgehead atoms. The second kappa shape index (κ2) is 6.35. The molecule has 0 aliphatic carbocycles. The molecule has 2 nitrogen and oxygen atoms in total. The molecular formula is C9H19NO. The first-order valence-electron chi connectivity index (χ1n) is 4.42. The van der Waals surface area contributed by atoms with E-state index in [0.717, 1.165) is 25.9 Å². The van der Waals surface area contributed by atoms with Crippen LogP contribution in [0.2, 0.25) is 0 Å². The van der Waals surface area contributed by atoms with Crippen molar-refractivity contribution in [2.45, 2.75) is 33.6 Å². The second-order valence-electron chi connectivity index (χ2n) is 2.98. The number of hydrogen-bond acceptors (Lipinski definition) is 2.